The highest BCUT2D eigenvalue weighted by molar-refractivity contribution is 6.30. The van der Waals surface area contributed by atoms with E-state index in [9.17, 15) is 4.79 Å². The van der Waals surface area contributed by atoms with Crippen molar-refractivity contribution in [2.75, 3.05) is 6.54 Å². The fourth-order valence-electron chi connectivity index (χ4n) is 2.67. The quantitative estimate of drug-likeness (QED) is 0.812. The minimum atomic E-state index is -0.0427. The third kappa shape index (κ3) is 5.41. The summed E-state index contributed by atoms with van der Waals surface area (Å²) in [4.78, 5) is 11.8. The van der Waals surface area contributed by atoms with E-state index in [1.165, 1.54) is 25.7 Å². The summed E-state index contributed by atoms with van der Waals surface area (Å²) >= 11 is 5.93. The summed E-state index contributed by atoms with van der Waals surface area (Å²) in [7, 11) is 0. The lowest BCUT2D eigenvalue weighted by molar-refractivity contribution is 0.235. The number of nitrogens with one attached hydrogen (secondary N) is 2. The highest BCUT2D eigenvalue weighted by Crippen LogP contribution is 2.17. The Balaban J connectivity index is 1.67. The van der Waals surface area contributed by atoms with Gasteiger partial charge < -0.3 is 10.6 Å². The van der Waals surface area contributed by atoms with E-state index in [4.69, 9.17) is 11.6 Å². The van der Waals surface area contributed by atoms with E-state index in [2.05, 4.69) is 10.6 Å². The number of rotatable bonds is 4. The molecule has 110 valence electrons. The molecule has 1 aromatic carbocycles. The van der Waals surface area contributed by atoms with Crippen LogP contribution in [0.4, 0.5) is 4.79 Å². The summed E-state index contributed by atoms with van der Waals surface area (Å²) < 4.78 is 0. The van der Waals surface area contributed by atoms with Gasteiger partial charge in [-0.25, -0.2) is 4.79 Å². The molecule has 20 heavy (non-hydrogen) atoms. The molecule has 0 unspecified atom stereocenters. The molecule has 0 radical (unpaired) electrons. The van der Waals surface area contributed by atoms with Gasteiger partial charge in [-0.05, 0) is 37.0 Å². The molecule has 2 amide bonds. The van der Waals surface area contributed by atoms with Crippen molar-refractivity contribution in [2.24, 2.45) is 0 Å². The van der Waals surface area contributed by atoms with Crippen molar-refractivity contribution in [3.8, 4) is 0 Å². The van der Waals surface area contributed by atoms with Crippen molar-refractivity contribution in [1.29, 1.82) is 0 Å². The zero-order valence-electron chi connectivity index (χ0n) is 11.8. The lowest BCUT2D eigenvalue weighted by Crippen LogP contribution is -2.42. The zero-order valence-corrected chi connectivity index (χ0v) is 12.6. The molecule has 0 bridgehead atoms. The van der Waals surface area contributed by atoms with Gasteiger partial charge in [0.2, 0.25) is 0 Å². The van der Waals surface area contributed by atoms with Crippen LogP contribution in [-0.2, 0) is 6.42 Å². The lowest BCUT2D eigenvalue weighted by Gasteiger charge is -2.16. The van der Waals surface area contributed by atoms with Crippen molar-refractivity contribution in [2.45, 2.75) is 51.0 Å². The number of carbonyl (C=O) groups excluding carboxylic acids is 1. The fourth-order valence-corrected chi connectivity index (χ4v) is 2.89. The Bertz CT molecular complexity index is 428. The minimum Gasteiger partial charge on any atom is -0.338 e. The summed E-state index contributed by atoms with van der Waals surface area (Å²) in [5, 5.41) is 6.75. The fraction of sp³-hybridized carbons (Fsp3) is 0.562. The summed E-state index contributed by atoms with van der Waals surface area (Å²) in [5.74, 6) is 0. The van der Waals surface area contributed by atoms with E-state index in [1.54, 1.807) is 0 Å². The maximum atomic E-state index is 11.8. The summed E-state index contributed by atoms with van der Waals surface area (Å²) in [6.07, 6.45) is 8.09. The smallest absolute Gasteiger partial charge is 0.315 e. The van der Waals surface area contributed by atoms with Crippen LogP contribution < -0.4 is 10.6 Å². The van der Waals surface area contributed by atoms with Crippen LogP contribution in [0.2, 0.25) is 5.02 Å². The molecule has 3 nitrogen and oxygen atoms in total. The van der Waals surface area contributed by atoms with E-state index >= 15 is 0 Å². The van der Waals surface area contributed by atoms with Gasteiger partial charge in [0.1, 0.15) is 0 Å². The average molecular weight is 295 g/mol. The van der Waals surface area contributed by atoms with Crippen LogP contribution in [0.5, 0.6) is 0 Å². The molecule has 2 rings (SSSR count). The molecule has 1 aliphatic rings. The second kappa shape index (κ2) is 8.15. The second-order valence-corrected chi connectivity index (χ2v) is 5.91. The van der Waals surface area contributed by atoms with Crippen LogP contribution in [0.1, 0.15) is 44.1 Å². The van der Waals surface area contributed by atoms with Crippen LogP contribution >= 0.6 is 11.6 Å². The first kappa shape index (κ1) is 15.2. The van der Waals surface area contributed by atoms with Gasteiger partial charge in [-0.15, -0.1) is 0 Å². The van der Waals surface area contributed by atoms with Gasteiger partial charge in [0, 0.05) is 17.6 Å². The molecule has 2 N–H and O–H groups in total. The van der Waals surface area contributed by atoms with E-state index in [1.807, 2.05) is 24.3 Å². The molecular formula is C16H23ClN2O. The maximum Gasteiger partial charge on any atom is 0.315 e. The maximum absolute atomic E-state index is 11.8. The lowest BCUT2D eigenvalue weighted by atomic mass is 10.1. The van der Waals surface area contributed by atoms with Crippen LogP contribution in [0.3, 0.4) is 0 Å². The molecule has 0 atom stereocenters. The molecule has 0 saturated heterocycles. The molecule has 0 aromatic heterocycles. The molecule has 1 fully saturated rings. The van der Waals surface area contributed by atoms with Crippen LogP contribution in [0.25, 0.3) is 0 Å². The first-order valence-corrected chi connectivity index (χ1v) is 7.90. The highest BCUT2D eigenvalue weighted by Gasteiger charge is 2.14. The normalized spacial score (nSPS) is 16.4. The Morgan fingerprint density at radius 2 is 1.95 bits per heavy atom. The standard InChI is InChI=1S/C16H23ClN2O/c17-14-7-5-6-13(12-14)10-11-18-16(20)19-15-8-3-1-2-4-9-15/h5-7,12,15H,1-4,8-11H2,(H2,18,19,20). The van der Waals surface area contributed by atoms with Gasteiger partial charge in [-0.2, -0.15) is 0 Å². The monoisotopic (exact) mass is 294 g/mol. The minimum absolute atomic E-state index is 0.0427. The first-order chi connectivity index (χ1) is 9.74. The Morgan fingerprint density at radius 1 is 1.20 bits per heavy atom. The summed E-state index contributed by atoms with van der Waals surface area (Å²) in [5.41, 5.74) is 1.15. The Kier molecular flexibility index (Phi) is 6.19. The number of urea groups is 1. The Morgan fingerprint density at radius 3 is 2.65 bits per heavy atom. The average Bonchev–Trinajstić information content (AvgIpc) is 2.67. The van der Waals surface area contributed by atoms with Crippen molar-refractivity contribution < 1.29 is 4.79 Å². The third-order valence-electron chi connectivity index (χ3n) is 3.78. The van der Waals surface area contributed by atoms with Gasteiger partial charge in [0.05, 0.1) is 0 Å². The number of halogens is 1. The zero-order chi connectivity index (χ0) is 14.2. The van der Waals surface area contributed by atoms with Gasteiger partial charge in [-0.1, -0.05) is 49.4 Å². The van der Waals surface area contributed by atoms with Crippen molar-refractivity contribution >= 4 is 17.6 Å². The van der Waals surface area contributed by atoms with E-state index in [0.29, 0.717) is 12.6 Å². The Hall–Kier alpha value is -1.22. The summed E-state index contributed by atoms with van der Waals surface area (Å²) in [6, 6.07) is 8.06. The van der Waals surface area contributed by atoms with Gasteiger partial charge in [-0.3, -0.25) is 0 Å². The van der Waals surface area contributed by atoms with Gasteiger partial charge in [0.25, 0.3) is 0 Å². The predicted molar refractivity (Wildman–Crippen MR) is 83.2 cm³/mol. The van der Waals surface area contributed by atoms with E-state index in [0.717, 1.165) is 29.8 Å². The molecule has 1 saturated carbocycles. The number of benzene rings is 1. The molecule has 0 aliphatic heterocycles. The third-order valence-corrected chi connectivity index (χ3v) is 4.01. The number of carbonyl (C=O) groups is 1. The Labute approximate surface area is 126 Å². The SMILES string of the molecule is O=C(NCCc1cccc(Cl)c1)NC1CCCCCC1. The number of hydrogen-bond acceptors (Lipinski definition) is 1. The second-order valence-electron chi connectivity index (χ2n) is 5.47. The van der Waals surface area contributed by atoms with Crippen molar-refractivity contribution in [1.82, 2.24) is 10.6 Å². The van der Waals surface area contributed by atoms with Crippen molar-refractivity contribution in [3.63, 3.8) is 0 Å². The first-order valence-electron chi connectivity index (χ1n) is 7.53. The van der Waals surface area contributed by atoms with E-state index in [-0.39, 0.29) is 6.03 Å². The highest BCUT2D eigenvalue weighted by atomic mass is 35.5. The topological polar surface area (TPSA) is 41.1 Å². The van der Waals surface area contributed by atoms with Crippen LogP contribution in [0, 0.1) is 0 Å². The van der Waals surface area contributed by atoms with Gasteiger partial charge >= 0.3 is 6.03 Å². The molecular weight excluding hydrogens is 272 g/mol. The largest absolute Gasteiger partial charge is 0.338 e. The molecule has 4 heteroatoms. The molecule has 0 spiro atoms. The molecule has 1 aromatic rings. The predicted octanol–water partition coefficient (Wildman–Crippen LogP) is 3.90. The number of amides is 2. The van der Waals surface area contributed by atoms with E-state index < -0.39 is 0 Å². The van der Waals surface area contributed by atoms with Gasteiger partial charge in [0.15, 0.2) is 0 Å². The molecule has 0 heterocycles. The summed E-state index contributed by atoms with van der Waals surface area (Å²) in [6.45, 7) is 0.638. The van der Waals surface area contributed by atoms with Crippen LogP contribution in [0.15, 0.2) is 24.3 Å². The van der Waals surface area contributed by atoms with Crippen molar-refractivity contribution in [3.05, 3.63) is 34.9 Å². The number of hydrogen-bond donors (Lipinski definition) is 2. The van der Waals surface area contributed by atoms with Crippen LogP contribution in [-0.4, -0.2) is 18.6 Å². The molecule has 1 aliphatic carbocycles.